The number of unbranched alkanes of at least 4 members (excludes halogenated alkanes) is 1. The largest absolute Gasteiger partial charge is 0.354 e. The maximum absolute atomic E-state index is 10.7. The molecule has 0 N–H and O–H groups in total. The summed E-state index contributed by atoms with van der Waals surface area (Å²) in [7, 11) is 0. The first-order chi connectivity index (χ1) is 5.83. The number of rotatable bonds is 4. The van der Waals surface area contributed by atoms with Crippen LogP contribution >= 0.6 is 22.6 Å². The van der Waals surface area contributed by atoms with Gasteiger partial charge in [-0.05, 0) is 17.3 Å². The third-order valence-corrected chi connectivity index (χ3v) is 2.42. The van der Waals surface area contributed by atoms with Crippen LogP contribution < -0.4 is 5.43 Å². The summed E-state index contributed by atoms with van der Waals surface area (Å²) in [4.78, 5) is 10.7. The number of halogens is 1. The Kier molecular flexibility index (Phi) is 4.35. The summed E-state index contributed by atoms with van der Waals surface area (Å²) in [5, 5.41) is 0. The van der Waals surface area contributed by atoms with Crippen molar-refractivity contribution in [1.82, 2.24) is 4.57 Å². The number of nitrogens with zero attached hydrogens (tertiary/aromatic N) is 1. The lowest BCUT2D eigenvalue weighted by Gasteiger charge is -2.03. The summed E-state index contributed by atoms with van der Waals surface area (Å²) in [5.74, 6) is 0. The van der Waals surface area contributed by atoms with Gasteiger partial charge in [-0.3, -0.25) is 4.79 Å². The molecule has 3 heteroatoms. The van der Waals surface area contributed by atoms with Gasteiger partial charge in [-0.1, -0.05) is 22.6 Å². The molecule has 0 radical (unpaired) electrons. The summed E-state index contributed by atoms with van der Waals surface area (Å²) in [6.07, 6.45) is 6.11. The third kappa shape index (κ3) is 3.38. The van der Waals surface area contributed by atoms with E-state index in [1.807, 2.05) is 17.0 Å². The van der Waals surface area contributed by atoms with E-state index in [1.165, 1.54) is 17.3 Å². The lowest BCUT2D eigenvalue weighted by Crippen LogP contribution is -2.03. The standard InChI is InChI=1S/C9H12INO/c10-5-1-2-6-11-7-3-9(12)4-8-11/h3-4,7-8H,1-2,5-6H2. The van der Waals surface area contributed by atoms with E-state index < -0.39 is 0 Å². The van der Waals surface area contributed by atoms with Gasteiger partial charge < -0.3 is 4.57 Å². The van der Waals surface area contributed by atoms with Gasteiger partial charge in [-0.2, -0.15) is 0 Å². The Morgan fingerprint density at radius 3 is 2.50 bits per heavy atom. The molecule has 0 amide bonds. The maximum Gasteiger partial charge on any atom is 0.181 e. The molecular formula is C9H12INO. The molecule has 66 valence electrons. The minimum atomic E-state index is 0.0835. The number of aromatic nitrogens is 1. The number of alkyl halides is 1. The Morgan fingerprint density at radius 2 is 1.92 bits per heavy atom. The van der Waals surface area contributed by atoms with Gasteiger partial charge in [0.15, 0.2) is 5.43 Å². The molecule has 0 saturated heterocycles. The first kappa shape index (κ1) is 9.77. The van der Waals surface area contributed by atoms with Crippen LogP contribution in [0.5, 0.6) is 0 Å². The molecule has 1 aromatic rings. The van der Waals surface area contributed by atoms with E-state index in [4.69, 9.17) is 0 Å². The molecule has 0 saturated carbocycles. The number of hydrogen-bond acceptors (Lipinski definition) is 1. The summed E-state index contributed by atoms with van der Waals surface area (Å²) >= 11 is 2.38. The van der Waals surface area contributed by atoms with Gasteiger partial charge >= 0.3 is 0 Å². The zero-order valence-corrected chi connectivity index (χ0v) is 9.03. The van der Waals surface area contributed by atoms with E-state index in [-0.39, 0.29) is 5.43 Å². The highest BCUT2D eigenvalue weighted by molar-refractivity contribution is 14.1. The summed E-state index contributed by atoms with van der Waals surface area (Å²) in [6, 6.07) is 3.20. The molecule has 0 bridgehead atoms. The van der Waals surface area contributed by atoms with E-state index in [0.29, 0.717) is 0 Å². The molecule has 1 rings (SSSR count). The molecule has 0 aliphatic rings. The van der Waals surface area contributed by atoms with Crippen LogP contribution in [-0.2, 0) is 6.54 Å². The molecule has 2 nitrogen and oxygen atoms in total. The van der Waals surface area contributed by atoms with Gasteiger partial charge in [0.05, 0.1) is 0 Å². The molecule has 12 heavy (non-hydrogen) atoms. The van der Waals surface area contributed by atoms with Crippen LogP contribution in [0.3, 0.4) is 0 Å². The van der Waals surface area contributed by atoms with Crippen LogP contribution in [-0.4, -0.2) is 8.99 Å². The van der Waals surface area contributed by atoms with Gasteiger partial charge in [0, 0.05) is 31.1 Å². The van der Waals surface area contributed by atoms with Gasteiger partial charge in [0.25, 0.3) is 0 Å². The van der Waals surface area contributed by atoms with E-state index in [9.17, 15) is 4.79 Å². The Labute approximate surface area is 85.7 Å². The summed E-state index contributed by atoms with van der Waals surface area (Å²) < 4.78 is 3.26. The van der Waals surface area contributed by atoms with E-state index in [0.717, 1.165) is 6.54 Å². The number of pyridine rings is 1. The molecule has 0 aliphatic carbocycles. The zero-order valence-electron chi connectivity index (χ0n) is 6.87. The van der Waals surface area contributed by atoms with Crippen molar-refractivity contribution in [2.45, 2.75) is 19.4 Å². The predicted octanol–water partition coefficient (Wildman–Crippen LogP) is 2.06. The van der Waals surface area contributed by atoms with E-state index in [1.54, 1.807) is 12.1 Å². The van der Waals surface area contributed by atoms with Crippen LogP contribution in [0.1, 0.15) is 12.8 Å². The first-order valence-corrected chi connectivity index (χ1v) is 5.57. The topological polar surface area (TPSA) is 22.0 Å². The minimum absolute atomic E-state index is 0.0835. The highest BCUT2D eigenvalue weighted by atomic mass is 127. The van der Waals surface area contributed by atoms with Crippen LogP contribution in [0, 0.1) is 0 Å². The Morgan fingerprint density at radius 1 is 1.25 bits per heavy atom. The third-order valence-electron chi connectivity index (χ3n) is 1.66. The molecular weight excluding hydrogens is 265 g/mol. The Balaban J connectivity index is 2.42. The van der Waals surface area contributed by atoms with Crippen molar-refractivity contribution >= 4 is 22.6 Å². The van der Waals surface area contributed by atoms with Crippen molar-refractivity contribution in [3.63, 3.8) is 0 Å². The number of hydrogen-bond donors (Lipinski definition) is 0. The van der Waals surface area contributed by atoms with Crippen LogP contribution in [0.15, 0.2) is 29.3 Å². The second-order valence-electron chi connectivity index (χ2n) is 2.67. The van der Waals surface area contributed by atoms with Crippen LogP contribution in [0.2, 0.25) is 0 Å². The maximum atomic E-state index is 10.7. The second kappa shape index (κ2) is 5.35. The Bertz CT molecular complexity index is 262. The summed E-state index contributed by atoms with van der Waals surface area (Å²) in [6.45, 7) is 1.02. The predicted molar refractivity (Wildman–Crippen MR) is 58.8 cm³/mol. The van der Waals surface area contributed by atoms with Gasteiger partial charge in [-0.25, -0.2) is 0 Å². The first-order valence-electron chi connectivity index (χ1n) is 4.05. The lowest BCUT2D eigenvalue weighted by molar-refractivity contribution is 0.633. The molecule has 0 atom stereocenters. The SMILES string of the molecule is O=c1ccn(CCCCI)cc1. The fraction of sp³-hybridized carbons (Fsp3) is 0.444. The van der Waals surface area contributed by atoms with E-state index in [2.05, 4.69) is 22.6 Å². The zero-order chi connectivity index (χ0) is 8.81. The highest BCUT2D eigenvalue weighted by Crippen LogP contribution is 1.97. The molecule has 1 heterocycles. The van der Waals surface area contributed by atoms with Crippen molar-refractivity contribution in [2.75, 3.05) is 4.43 Å². The minimum Gasteiger partial charge on any atom is -0.354 e. The second-order valence-corrected chi connectivity index (χ2v) is 3.75. The van der Waals surface area contributed by atoms with Crippen molar-refractivity contribution in [3.05, 3.63) is 34.7 Å². The average molecular weight is 277 g/mol. The summed E-state index contributed by atoms with van der Waals surface area (Å²) in [5.41, 5.74) is 0.0835. The fourth-order valence-corrected chi connectivity index (χ4v) is 1.52. The normalized spacial score (nSPS) is 10.1. The fourth-order valence-electron chi connectivity index (χ4n) is 0.982. The molecule has 0 aliphatic heterocycles. The van der Waals surface area contributed by atoms with Crippen molar-refractivity contribution in [3.8, 4) is 0 Å². The molecule has 0 fully saturated rings. The molecule has 0 unspecified atom stereocenters. The van der Waals surface area contributed by atoms with Crippen molar-refractivity contribution in [2.24, 2.45) is 0 Å². The molecule has 1 aromatic heterocycles. The highest BCUT2D eigenvalue weighted by Gasteiger charge is 1.88. The van der Waals surface area contributed by atoms with Gasteiger partial charge in [-0.15, -0.1) is 0 Å². The van der Waals surface area contributed by atoms with Crippen molar-refractivity contribution < 1.29 is 0 Å². The van der Waals surface area contributed by atoms with Gasteiger partial charge in [0.2, 0.25) is 0 Å². The molecule has 0 spiro atoms. The quantitative estimate of drug-likeness (QED) is 0.469. The van der Waals surface area contributed by atoms with Crippen molar-refractivity contribution in [1.29, 1.82) is 0 Å². The molecule has 0 aromatic carbocycles. The average Bonchev–Trinajstić information content (AvgIpc) is 2.09. The smallest absolute Gasteiger partial charge is 0.181 e. The van der Waals surface area contributed by atoms with Gasteiger partial charge in [0.1, 0.15) is 0 Å². The van der Waals surface area contributed by atoms with E-state index >= 15 is 0 Å². The lowest BCUT2D eigenvalue weighted by atomic mass is 10.3. The number of aryl methyl sites for hydroxylation is 1. The van der Waals surface area contributed by atoms with Crippen LogP contribution in [0.4, 0.5) is 0 Å². The monoisotopic (exact) mass is 277 g/mol. The van der Waals surface area contributed by atoms with Crippen LogP contribution in [0.25, 0.3) is 0 Å². The Hall–Kier alpha value is -0.320.